The number of rotatable bonds is 3. The maximum atomic E-state index is 5.76. The summed E-state index contributed by atoms with van der Waals surface area (Å²) < 4.78 is 0. The van der Waals surface area contributed by atoms with E-state index < -0.39 is 0 Å². The Balaban J connectivity index is 2.64. The van der Waals surface area contributed by atoms with Gasteiger partial charge in [0.15, 0.2) is 0 Å². The number of nitrogens with two attached hydrogens (primary N) is 1. The normalized spacial score (nSPS) is 13.9. The Kier molecular flexibility index (Phi) is 3.92. The Morgan fingerprint density at radius 3 is 1.93 bits per heavy atom. The van der Waals surface area contributed by atoms with E-state index in [9.17, 15) is 0 Å². The fraction of sp³-hybridized carbons (Fsp3) is 0.571. The summed E-state index contributed by atoms with van der Waals surface area (Å²) >= 11 is 0. The van der Waals surface area contributed by atoms with Crippen LogP contribution in [0.3, 0.4) is 0 Å². The monoisotopic (exact) mass is 205 g/mol. The van der Waals surface area contributed by atoms with Gasteiger partial charge in [0.2, 0.25) is 0 Å². The zero-order valence-corrected chi connectivity index (χ0v) is 10.4. The molecule has 0 aliphatic heterocycles. The van der Waals surface area contributed by atoms with Gasteiger partial charge in [0.1, 0.15) is 0 Å². The molecule has 0 saturated heterocycles. The fourth-order valence-electron chi connectivity index (χ4n) is 1.78. The minimum absolute atomic E-state index is 0.249. The third-order valence-electron chi connectivity index (χ3n) is 2.32. The molecule has 0 bridgehead atoms. The predicted octanol–water partition coefficient (Wildman–Crippen LogP) is 3.16. The molecule has 15 heavy (non-hydrogen) atoms. The van der Waals surface area contributed by atoms with Crippen LogP contribution in [-0.2, 0) is 12.8 Å². The first-order valence-electron chi connectivity index (χ1n) is 5.70. The molecule has 84 valence electrons. The van der Waals surface area contributed by atoms with Gasteiger partial charge in [-0.15, -0.1) is 0 Å². The SMILES string of the molecule is CC(N)Cc1ccc(CC(C)(C)C)cc1. The molecule has 0 aliphatic carbocycles. The summed E-state index contributed by atoms with van der Waals surface area (Å²) in [7, 11) is 0. The summed E-state index contributed by atoms with van der Waals surface area (Å²) in [6.45, 7) is 8.84. The van der Waals surface area contributed by atoms with Gasteiger partial charge in [-0.2, -0.15) is 0 Å². The molecule has 1 aromatic carbocycles. The molecule has 2 N–H and O–H groups in total. The van der Waals surface area contributed by atoms with Crippen molar-refractivity contribution in [1.82, 2.24) is 0 Å². The van der Waals surface area contributed by atoms with Crippen molar-refractivity contribution in [3.8, 4) is 0 Å². The maximum Gasteiger partial charge on any atom is 0.00509 e. The Hall–Kier alpha value is -0.820. The molecule has 0 radical (unpaired) electrons. The molecule has 1 heteroatoms. The second kappa shape index (κ2) is 4.80. The lowest BCUT2D eigenvalue weighted by atomic mass is 9.88. The first-order valence-corrected chi connectivity index (χ1v) is 5.70. The van der Waals surface area contributed by atoms with Crippen LogP contribution >= 0.6 is 0 Å². The van der Waals surface area contributed by atoms with E-state index in [0.29, 0.717) is 5.41 Å². The van der Waals surface area contributed by atoms with E-state index in [2.05, 4.69) is 45.0 Å². The van der Waals surface area contributed by atoms with Gasteiger partial charge >= 0.3 is 0 Å². The van der Waals surface area contributed by atoms with E-state index in [4.69, 9.17) is 5.73 Å². The smallest absolute Gasteiger partial charge is 0.00509 e. The van der Waals surface area contributed by atoms with Crippen LogP contribution in [0, 0.1) is 5.41 Å². The Labute approximate surface area is 93.7 Å². The lowest BCUT2D eigenvalue weighted by Gasteiger charge is -2.18. The first kappa shape index (κ1) is 12.3. The van der Waals surface area contributed by atoms with Crippen molar-refractivity contribution in [2.24, 2.45) is 11.1 Å². The molecule has 1 nitrogen and oxygen atoms in total. The van der Waals surface area contributed by atoms with Gasteiger partial charge in [-0.25, -0.2) is 0 Å². The van der Waals surface area contributed by atoms with Crippen molar-refractivity contribution >= 4 is 0 Å². The van der Waals surface area contributed by atoms with Crippen LogP contribution in [0.25, 0.3) is 0 Å². The highest BCUT2D eigenvalue weighted by Gasteiger charge is 2.10. The van der Waals surface area contributed by atoms with E-state index >= 15 is 0 Å². The Morgan fingerprint density at radius 2 is 1.53 bits per heavy atom. The maximum absolute atomic E-state index is 5.76. The van der Waals surface area contributed by atoms with Gasteiger partial charge in [0.25, 0.3) is 0 Å². The number of hydrogen-bond donors (Lipinski definition) is 1. The summed E-state index contributed by atoms with van der Waals surface area (Å²) in [6.07, 6.45) is 2.10. The first-order chi connectivity index (χ1) is 6.87. The molecule has 0 heterocycles. The average Bonchev–Trinajstić information content (AvgIpc) is 2.05. The van der Waals surface area contributed by atoms with Gasteiger partial charge in [0.05, 0.1) is 0 Å². The molecule has 0 aliphatic rings. The molecular formula is C14H23N. The van der Waals surface area contributed by atoms with Crippen molar-refractivity contribution in [3.05, 3.63) is 35.4 Å². The van der Waals surface area contributed by atoms with Crippen LogP contribution in [0.5, 0.6) is 0 Å². The Bertz CT molecular complexity index is 290. The van der Waals surface area contributed by atoms with Crippen LogP contribution in [0.15, 0.2) is 24.3 Å². The van der Waals surface area contributed by atoms with Gasteiger partial charge in [-0.1, -0.05) is 45.0 Å². The minimum Gasteiger partial charge on any atom is -0.328 e. The molecule has 0 fully saturated rings. The molecule has 1 aromatic rings. The minimum atomic E-state index is 0.249. The summed E-state index contributed by atoms with van der Waals surface area (Å²) in [6, 6.07) is 9.10. The molecule has 1 atom stereocenters. The number of benzene rings is 1. The average molecular weight is 205 g/mol. The predicted molar refractivity (Wildman–Crippen MR) is 67.0 cm³/mol. The number of hydrogen-bond acceptors (Lipinski definition) is 1. The van der Waals surface area contributed by atoms with Crippen molar-refractivity contribution in [3.63, 3.8) is 0 Å². The summed E-state index contributed by atoms with van der Waals surface area (Å²) in [5, 5.41) is 0. The van der Waals surface area contributed by atoms with Crippen molar-refractivity contribution < 1.29 is 0 Å². The van der Waals surface area contributed by atoms with Gasteiger partial charge in [-0.05, 0) is 36.3 Å². The van der Waals surface area contributed by atoms with Crippen LogP contribution in [-0.4, -0.2) is 6.04 Å². The zero-order chi connectivity index (χ0) is 11.5. The molecule has 0 spiro atoms. The van der Waals surface area contributed by atoms with Gasteiger partial charge < -0.3 is 5.73 Å². The van der Waals surface area contributed by atoms with Crippen LogP contribution < -0.4 is 5.73 Å². The molecule has 1 unspecified atom stereocenters. The molecule has 0 amide bonds. The summed E-state index contributed by atoms with van der Waals surface area (Å²) in [5.74, 6) is 0. The highest BCUT2D eigenvalue weighted by molar-refractivity contribution is 5.23. The van der Waals surface area contributed by atoms with Crippen LogP contribution in [0.4, 0.5) is 0 Å². The second-order valence-corrected chi connectivity index (χ2v) is 5.74. The molecule has 0 aromatic heterocycles. The Morgan fingerprint density at radius 1 is 1.07 bits per heavy atom. The van der Waals surface area contributed by atoms with Crippen molar-refractivity contribution in [2.45, 2.75) is 46.6 Å². The highest BCUT2D eigenvalue weighted by Crippen LogP contribution is 2.20. The lowest BCUT2D eigenvalue weighted by molar-refractivity contribution is 0.411. The standard InChI is InChI=1S/C14H23N/c1-11(15)9-12-5-7-13(8-6-12)10-14(2,3)4/h5-8,11H,9-10,15H2,1-4H3. The van der Waals surface area contributed by atoms with Crippen LogP contribution in [0.2, 0.25) is 0 Å². The third kappa shape index (κ3) is 4.98. The highest BCUT2D eigenvalue weighted by atomic mass is 14.6. The summed E-state index contributed by atoms with van der Waals surface area (Å²) in [4.78, 5) is 0. The topological polar surface area (TPSA) is 26.0 Å². The molecular weight excluding hydrogens is 182 g/mol. The second-order valence-electron chi connectivity index (χ2n) is 5.74. The van der Waals surface area contributed by atoms with Crippen LogP contribution in [0.1, 0.15) is 38.8 Å². The van der Waals surface area contributed by atoms with E-state index in [1.807, 2.05) is 6.92 Å². The van der Waals surface area contributed by atoms with Gasteiger partial charge in [0, 0.05) is 6.04 Å². The quantitative estimate of drug-likeness (QED) is 0.806. The molecule has 1 rings (SSSR count). The van der Waals surface area contributed by atoms with Crippen molar-refractivity contribution in [1.29, 1.82) is 0 Å². The fourth-order valence-corrected chi connectivity index (χ4v) is 1.78. The zero-order valence-electron chi connectivity index (χ0n) is 10.4. The van der Waals surface area contributed by atoms with E-state index in [1.54, 1.807) is 0 Å². The lowest BCUT2D eigenvalue weighted by Crippen LogP contribution is -2.17. The van der Waals surface area contributed by atoms with Gasteiger partial charge in [-0.3, -0.25) is 0 Å². The largest absolute Gasteiger partial charge is 0.328 e. The van der Waals surface area contributed by atoms with Crippen molar-refractivity contribution in [2.75, 3.05) is 0 Å². The summed E-state index contributed by atoms with van der Waals surface area (Å²) in [5.41, 5.74) is 8.88. The van der Waals surface area contributed by atoms with E-state index in [1.165, 1.54) is 11.1 Å². The third-order valence-corrected chi connectivity index (χ3v) is 2.32. The van der Waals surface area contributed by atoms with E-state index in [-0.39, 0.29) is 6.04 Å². The molecule has 0 saturated carbocycles. The van der Waals surface area contributed by atoms with E-state index in [0.717, 1.165) is 12.8 Å².